The average molecular weight is 324 g/mol. The topological polar surface area (TPSA) is 21.3 Å². The molecule has 3 heteroatoms. The number of nitrogens with one attached hydrogen (secondary N) is 1. The van der Waals surface area contributed by atoms with Crippen LogP contribution in [0.5, 0.6) is 5.75 Å². The number of hydrogen-bond acceptors (Lipinski definition) is 2. The molecular formula is C16H22BrNO. The van der Waals surface area contributed by atoms with Crippen molar-refractivity contribution in [2.75, 3.05) is 20.2 Å². The van der Waals surface area contributed by atoms with E-state index in [2.05, 4.69) is 39.4 Å². The molecule has 0 atom stereocenters. The molecule has 2 nitrogen and oxygen atoms in total. The van der Waals surface area contributed by atoms with E-state index in [0.29, 0.717) is 5.41 Å². The molecule has 0 bridgehead atoms. The molecule has 1 saturated heterocycles. The van der Waals surface area contributed by atoms with Crippen molar-refractivity contribution in [1.29, 1.82) is 0 Å². The van der Waals surface area contributed by atoms with Crippen LogP contribution in [0, 0.1) is 11.3 Å². The predicted molar refractivity (Wildman–Crippen MR) is 81.7 cm³/mol. The van der Waals surface area contributed by atoms with Crippen LogP contribution >= 0.6 is 15.9 Å². The van der Waals surface area contributed by atoms with E-state index >= 15 is 0 Å². The molecule has 0 unspecified atom stereocenters. The van der Waals surface area contributed by atoms with Crippen LogP contribution in [0.2, 0.25) is 0 Å². The van der Waals surface area contributed by atoms with Crippen LogP contribution in [0.3, 0.4) is 0 Å². The third-order valence-electron chi connectivity index (χ3n) is 4.96. The van der Waals surface area contributed by atoms with Gasteiger partial charge in [0.15, 0.2) is 0 Å². The molecule has 2 fully saturated rings. The summed E-state index contributed by atoms with van der Waals surface area (Å²) in [6.45, 7) is 2.35. The molecule has 1 aromatic carbocycles. The summed E-state index contributed by atoms with van der Waals surface area (Å²) in [5.74, 6) is 1.94. The first-order valence-electron chi connectivity index (χ1n) is 7.27. The maximum absolute atomic E-state index is 5.54. The number of hydrogen-bond donors (Lipinski definition) is 1. The Kier molecular flexibility index (Phi) is 3.86. The van der Waals surface area contributed by atoms with Crippen molar-refractivity contribution in [3.05, 3.63) is 28.2 Å². The molecule has 1 heterocycles. The molecule has 2 aliphatic rings. The fourth-order valence-corrected chi connectivity index (χ4v) is 4.22. The van der Waals surface area contributed by atoms with Crippen LogP contribution in [0.1, 0.15) is 31.2 Å². The van der Waals surface area contributed by atoms with Gasteiger partial charge in [0.25, 0.3) is 0 Å². The summed E-state index contributed by atoms with van der Waals surface area (Å²) in [6, 6.07) is 6.37. The second-order valence-electron chi connectivity index (χ2n) is 6.08. The number of ether oxygens (including phenoxy) is 1. The molecule has 1 N–H and O–H groups in total. The summed E-state index contributed by atoms with van der Waals surface area (Å²) in [5.41, 5.74) is 1.83. The van der Waals surface area contributed by atoms with Gasteiger partial charge >= 0.3 is 0 Å². The summed E-state index contributed by atoms with van der Waals surface area (Å²) in [5, 5.41) is 3.50. The fraction of sp³-hybridized carbons (Fsp3) is 0.625. The Balaban J connectivity index is 1.84. The van der Waals surface area contributed by atoms with E-state index in [-0.39, 0.29) is 0 Å². The Bertz CT molecular complexity index is 450. The second-order valence-corrected chi connectivity index (χ2v) is 7.00. The van der Waals surface area contributed by atoms with E-state index in [1.165, 1.54) is 44.3 Å². The first kappa shape index (κ1) is 13.4. The SMILES string of the molecule is COc1ccc(Br)cc1CC1(C2CCCC2)CNC1. The quantitative estimate of drug-likeness (QED) is 0.910. The van der Waals surface area contributed by atoms with Crippen LogP contribution in [0.4, 0.5) is 0 Å². The lowest BCUT2D eigenvalue weighted by Crippen LogP contribution is -2.58. The maximum atomic E-state index is 5.54. The Morgan fingerprint density at radius 2 is 2.05 bits per heavy atom. The van der Waals surface area contributed by atoms with Crippen LogP contribution in [0.25, 0.3) is 0 Å². The highest BCUT2D eigenvalue weighted by Gasteiger charge is 2.45. The first-order valence-corrected chi connectivity index (χ1v) is 8.06. The van der Waals surface area contributed by atoms with Crippen molar-refractivity contribution >= 4 is 15.9 Å². The molecule has 1 aromatic rings. The van der Waals surface area contributed by atoms with Gasteiger partial charge in [0.05, 0.1) is 7.11 Å². The van der Waals surface area contributed by atoms with Crippen molar-refractivity contribution in [1.82, 2.24) is 5.32 Å². The summed E-state index contributed by atoms with van der Waals surface area (Å²) in [6.07, 6.45) is 6.81. The minimum atomic E-state index is 0.477. The zero-order chi connectivity index (χ0) is 13.3. The predicted octanol–water partition coefficient (Wildman–Crippen LogP) is 3.78. The summed E-state index contributed by atoms with van der Waals surface area (Å²) in [4.78, 5) is 0. The minimum Gasteiger partial charge on any atom is -0.496 e. The highest BCUT2D eigenvalue weighted by Crippen LogP contribution is 2.46. The van der Waals surface area contributed by atoms with Crippen molar-refractivity contribution in [3.63, 3.8) is 0 Å². The summed E-state index contributed by atoms with van der Waals surface area (Å²) < 4.78 is 6.69. The molecule has 0 spiro atoms. The first-order chi connectivity index (χ1) is 9.23. The fourth-order valence-electron chi connectivity index (χ4n) is 3.81. The van der Waals surface area contributed by atoms with E-state index in [1.807, 2.05) is 0 Å². The standard InChI is InChI=1S/C16H22BrNO/c1-19-15-7-6-14(17)8-12(15)9-16(10-18-11-16)13-4-2-3-5-13/h6-8,13,18H,2-5,9-11H2,1H3. The maximum Gasteiger partial charge on any atom is 0.122 e. The smallest absolute Gasteiger partial charge is 0.122 e. The van der Waals surface area contributed by atoms with Gasteiger partial charge in [-0.3, -0.25) is 0 Å². The third-order valence-corrected chi connectivity index (χ3v) is 5.45. The molecule has 1 saturated carbocycles. The number of rotatable bonds is 4. The van der Waals surface area contributed by atoms with Gasteiger partial charge in [0.1, 0.15) is 5.75 Å². The summed E-state index contributed by atoms with van der Waals surface area (Å²) >= 11 is 3.59. The Morgan fingerprint density at radius 1 is 1.32 bits per heavy atom. The lowest BCUT2D eigenvalue weighted by Gasteiger charge is -2.48. The lowest BCUT2D eigenvalue weighted by atomic mass is 9.66. The Labute approximate surface area is 124 Å². The largest absolute Gasteiger partial charge is 0.496 e. The Morgan fingerprint density at radius 3 is 2.63 bits per heavy atom. The molecule has 0 aromatic heterocycles. The van der Waals surface area contributed by atoms with Crippen molar-refractivity contribution in [2.24, 2.45) is 11.3 Å². The summed E-state index contributed by atoms with van der Waals surface area (Å²) in [7, 11) is 1.77. The molecule has 104 valence electrons. The highest BCUT2D eigenvalue weighted by molar-refractivity contribution is 9.10. The van der Waals surface area contributed by atoms with Crippen LogP contribution in [0.15, 0.2) is 22.7 Å². The minimum absolute atomic E-state index is 0.477. The van der Waals surface area contributed by atoms with Gasteiger partial charge in [0.2, 0.25) is 0 Å². The molecular weight excluding hydrogens is 302 g/mol. The van der Waals surface area contributed by atoms with E-state index in [0.717, 1.165) is 22.6 Å². The molecule has 0 radical (unpaired) electrons. The Hall–Kier alpha value is -0.540. The van der Waals surface area contributed by atoms with Gasteiger partial charge in [-0.25, -0.2) is 0 Å². The molecule has 0 amide bonds. The zero-order valence-corrected chi connectivity index (χ0v) is 13.1. The second kappa shape index (κ2) is 5.45. The van der Waals surface area contributed by atoms with E-state index in [9.17, 15) is 0 Å². The van der Waals surface area contributed by atoms with Gasteiger partial charge < -0.3 is 10.1 Å². The van der Waals surface area contributed by atoms with E-state index < -0.39 is 0 Å². The average Bonchev–Trinajstić information content (AvgIpc) is 2.88. The van der Waals surface area contributed by atoms with Crippen molar-refractivity contribution in [2.45, 2.75) is 32.1 Å². The molecule has 3 rings (SSSR count). The molecule has 19 heavy (non-hydrogen) atoms. The van der Waals surface area contributed by atoms with E-state index in [4.69, 9.17) is 4.74 Å². The van der Waals surface area contributed by atoms with Gasteiger partial charge in [-0.15, -0.1) is 0 Å². The van der Waals surface area contributed by atoms with Crippen LogP contribution in [-0.2, 0) is 6.42 Å². The highest BCUT2D eigenvalue weighted by atomic mass is 79.9. The van der Waals surface area contributed by atoms with Gasteiger partial charge in [0, 0.05) is 23.0 Å². The number of methoxy groups -OCH3 is 1. The normalized spacial score (nSPS) is 22.2. The van der Waals surface area contributed by atoms with E-state index in [1.54, 1.807) is 7.11 Å². The molecule has 1 aliphatic heterocycles. The number of halogens is 1. The monoisotopic (exact) mass is 323 g/mol. The zero-order valence-electron chi connectivity index (χ0n) is 11.5. The molecule has 1 aliphatic carbocycles. The van der Waals surface area contributed by atoms with Crippen LogP contribution in [-0.4, -0.2) is 20.2 Å². The van der Waals surface area contributed by atoms with Crippen molar-refractivity contribution in [3.8, 4) is 5.75 Å². The number of benzene rings is 1. The van der Waals surface area contributed by atoms with Gasteiger partial charge in [-0.1, -0.05) is 28.8 Å². The van der Waals surface area contributed by atoms with Gasteiger partial charge in [-0.2, -0.15) is 0 Å². The lowest BCUT2D eigenvalue weighted by molar-refractivity contribution is 0.0804. The van der Waals surface area contributed by atoms with Gasteiger partial charge in [-0.05, 0) is 48.9 Å². The van der Waals surface area contributed by atoms with Crippen molar-refractivity contribution < 1.29 is 4.74 Å². The van der Waals surface area contributed by atoms with Crippen LogP contribution < -0.4 is 10.1 Å². The third kappa shape index (κ3) is 2.55.